The molecule has 172 valence electrons. The summed E-state index contributed by atoms with van der Waals surface area (Å²) in [6.07, 6.45) is 1.65. The van der Waals surface area contributed by atoms with Crippen LogP contribution in [-0.2, 0) is 9.59 Å². The van der Waals surface area contributed by atoms with Crippen LogP contribution in [0.15, 0.2) is 84.0 Å². The van der Waals surface area contributed by atoms with E-state index in [0.717, 1.165) is 27.1 Å². The molecule has 1 unspecified atom stereocenters. The van der Waals surface area contributed by atoms with E-state index < -0.39 is 11.8 Å². The summed E-state index contributed by atoms with van der Waals surface area (Å²) in [6.45, 7) is 3.67. The van der Waals surface area contributed by atoms with Gasteiger partial charge in [-0.3, -0.25) is 9.59 Å². The van der Waals surface area contributed by atoms with E-state index in [9.17, 15) is 9.59 Å². The molecule has 0 radical (unpaired) electrons. The van der Waals surface area contributed by atoms with Gasteiger partial charge in [0.05, 0.1) is 13.3 Å². The Labute approximate surface area is 198 Å². The van der Waals surface area contributed by atoms with E-state index in [4.69, 9.17) is 4.74 Å². The molecular weight excluding hydrogens is 426 g/mol. The molecule has 0 heterocycles. The minimum absolute atomic E-state index is 0.216. The molecule has 0 bridgehead atoms. The fourth-order valence-corrected chi connectivity index (χ4v) is 4.04. The van der Waals surface area contributed by atoms with E-state index in [1.807, 2.05) is 50.2 Å². The minimum Gasteiger partial charge on any atom is -0.497 e. The number of benzene rings is 4. The fourth-order valence-electron chi connectivity index (χ4n) is 4.04. The lowest BCUT2D eigenvalue weighted by atomic mass is 9.94. The van der Waals surface area contributed by atoms with Crippen LogP contribution in [0.5, 0.6) is 5.75 Å². The smallest absolute Gasteiger partial charge is 0.252 e. The Hall–Kier alpha value is -4.19. The molecule has 0 saturated carbocycles. The van der Waals surface area contributed by atoms with Crippen molar-refractivity contribution in [1.29, 1.82) is 0 Å². The minimum atomic E-state index is -0.900. The number of nitrogens with one attached hydrogen (secondary N) is 2. The zero-order valence-electron chi connectivity index (χ0n) is 19.4. The molecular formula is C28H27N3O3. The Morgan fingerprint density at radius 1 is 0.853 bits per heavy atom. The van der Waals surface area contributed by atoms with E-state index >= 15 is 0 Å². The van der Waals surface area contributed by atoms with E-state index in [1.165, 1.54) is 0 Å². The molecule has 0 spiro atoms. The molecule has 34 heavy (non-hydrogen) atoms. The van der Waals surface area contributed by atoms with Crippen molar-refractivity contribution in [3.8, 4) is 5.75 Å². The van der Waals surface area contributed by atoms with Crippen LogP contribution >= 0.6 is 0 Å². The molecule has 1 atom stereocenters. The van der Waals surface area contributed by atoms with Crippen molar-refractivity contribution in [2.75, 3.05) is 12.4 Å². The van der Waals surface area contributed by atoms with Gasteiger partial charge in [-0.15, -0.1) is 0 Å². The number of amides is 2. The number of hydrogen-bond acceptors (Lipinski definition) is 4. The van der Waals surface area contributed by atoms with Gasteiger partial charge in [0.25, 0.3) is 5.91 Å². The average Bonchev–Trinajstić information content (AvgIpc) is 2.84. The summed E-state index contributed by atoms with van der Waals surface area (Å²) in [5.41, 5.74) is 4.08. The maximum atomic E-state index is 12.9. The standard InChI is InChI=1S/C28H27N3O3/c1-18(2)26(27(32)30-21-12-14-22(34-3)15-13-21)28(33)31-29-17-25-23-10-6-4-8-19(23)16-20-9-5-7-11-24(20)25/h4-18,26H,1-3H3,(H,30,32)(H,31,33). The van der Waals surface area contributed by atoms with Gasteiger partial charge >= 0.3 is 0 Å². The summed E-state index contributed by atoms with van der Waals surface area (Å²) in [5.74, 6) is -1.27. The first-order valence-corrected chi connectivity index (χ1v) is 11.2. The molecule has 0 fully saturated rings. The number of carbonyl (C=O) groups is 2. The van der Waals surface area contributed by atoms with Gasteiger partial charge < -0.3 is 10.1 Å². The van der Waals surface area contributed by atoms with E-state index in [2.05, 4.69) is 34.0 Å². The lowest BCUT2D eigenvalue weighted by Gasteiger charge is -2.18. The van der Waals surface area contributed by atoms with Crippen molar-refractivity contribution in [3.05, 3.63) is 84.4 Å². The number of nitrogens with zero attached hydrogens (tertiary/aromatic N) is 1. The third-order valence-electron chi connectivity index (χ3n) is 5.77. The van der Waals surface area contributed by atoms with Crippen molar-refractivity contribution in [1.82, 2.24) is 5.43 Å². The van der Waals surface area contributed by atoms with Crippen molar-refractivity contribution in [3.63, 3.8) is 0 Å². The van der Waals surface area contributed by atoms with Gasteiger partial charge in [-0.2, -0.15) is 5.10 Å². The van der Waals surface area contributed by atoms with Gasteiger partial charge in [-0.05, 0) is 57.8 Å². The summed E-state index contributed by atoms with van der Waals surface area (Å²) >= 11 is 0. The first-order chi connectivity index (χ1) is 16.5. The summed E-state index contributed by atoms with van der Waals surface area (Å²) in [4.78, 5) is 25.8. The Bertz CT molecular complexity index is 1310. The number of hydrogen-bond donors (Lipinski definition) is 2. The van der Waals surface area contributed by atoms with Crippen LogP contribution in [0.4, 0.5) is 5.69 Å². The topological polar surface area (TPSA) is 79.8 Å². The first kappa shape index (κ1) is 23.0. The Kier molecular flexibility index (Phi) is 6.87. The summed E-state index contributed by atoms with van der Waals surface area (Å²) in [7, 11) is 1.58. The maximum absolute atomic E-state index is 12.9. The highest BCUT2D eigenvalue weighted by Crippen LogP contribution is 2.27. The van der Waals surface area contributed by atoms with Gasteiger partial charge in [0.2, 0.25) is 5.91 Å². The molecule has 0 aliphatic carbocycles. The second kappa shape index (κ2) is 10.2. The predicted molar refractivity (Wildman–Crippen MR) is 137 cm³/mol. The third-order valence-corrected chi connectivity index (χ3v) is 5.77. The second-order valence-electron chi connectivity index (χ2n) is 8.41. The lowest BCUT2D eigenvalue weighted by Crippen LogP contribution is -2.39. The number of ether oxygens (including phenoxy) is 1. The van der Waals surface area contributed by atoms with E-state index in [-0.39, 0.29) is 11.8 Å². The lowest BCUT2D eigenvalue weighted by molar-refractivity contribution is -0.134. The number of methoxy groups -OCH3 is 1. The van der Waals surface area contributed by atoms with Crippen LogP contribution in [-0.4, -0.2) is 25.1 Å². The van der Waals surface area contributed by atoms with Crippen LogP contribution in [0.3, 0.4) is 0 Å². The summed E-state index contributed by atoms with van der Waals surface area (Å²) in [6, 6.07) is 25.2. The molecule has 6 heteroatoms. The van der Waals surface area contributed by atoms with Crippen LogP contribution in [0.1, 0.15) is 19.4 Å². The van der Waals surface area contributed by atoms with Gasteiger partial charge in [-0.25, -0.2) is 5.43 Å². The highest BCUT2D eigenvalue weighted by molar-refractivity contribution is 6.13. The largest absolute Gasteiger partial charge is 0.497 e. The number of fused-ring (bicyclic) bond motifs is 2. The first-order valence-electron chi connectivity index (χ1n) is 11.2. The number of hydrazone groups is 1. The van der Waals surface area contributed by atoms with Gasteiger partial charge in [0, 0.05) is 11.3 Å². The van der Waals surface area contributed by atoms with Gasteiger partial charge in [-0.1, -0.05) is 62.4 Å². The zero-order valence-corrected chi connectivity index (χ0v) is 19.4. The molecule has 4 rings (SSSR count). The van der Waals surface area contributed by atoms with E-state index in [0.29, 0.717) is 11.4 Å². The molecule has 0 aliphatic heterocycles. The van der Waals surface area contributed by atoms with Crippen LogP contribution < -0.4 is 15.5 Å². The van der Waals surface area contributed by atoms with Crippen molar-refractivity contribution < 1.29 is 14.3 Å². The quantitative estimate of drug-likeness (QED) is 0.171. The Morgan fingerprint density at radius 3 is 2.00 bits per heavy atom. The highest BCUT2D eigenvalue weighted by atomic mass is 16.5. The fraction of sp³-hybridized carbons (Fsp3) is 0.179. The molecule has 0 aliphatic rings. The number of carbonyl (C=O) groups excluding carboxylic acids is 2. The number of rotatable bonds is 7. The van der Waals surface area contributed by atoms with Crippen molar-refractivity contribution >= 4 is 45.3 Å². The van der Waals surface area contributed by atoms with Crippen molar-refractivity contribution in [2.45, 2.75) is 13.8 Å². The van der Waals surface area contributed by atoms with E-state index in [1.54, 1.807) is 37.6 Å². The summed E-state index contributed by atoms with van der Waals surface area (Å²) < 4.78 is 5.14. The molecule has 2 N–H and O–H groups in total. The van der Waals surface area contributed by atoms with Gasteiger partial charge in [0.15, 0.2) is 0 Å². The molecule has 0 aromatic heterocycles. The Morgan fingerprint density at radius 2 is 1.44 bits per heavy atom. The van der Waals surface area contributed by atoms with Crippen LogP contribution in [0, 0.1) is 11.8 Å². The van der Waals surface area contributed by atoms with Crippen molar-refractivity contribution in [2.24, 2.45) is 16.9 Å². The van der Waals surface area contributed by atoms with Crippen LogP contribution in [0.2, 0.25) is 0 Å². The zero-order chi connectivity index (χ0) is 24.1. The SMILES string of the molecule is COc1ccc(NC(=O)C(C(=O)NN=Cc2c3ccccc3cc3ccccc23)C(C)C)cc1. The summed E-state index contributed by atoms with van der Waals surface area (Å²) in [5, 5.41) is 11.3. The van der Waals surface area contributed by atoms with Gasteiger partial charge in [0.1, 0.15) is 11.7 Å². The number of anilines is 1. The normalized spacial score (nSPS) is 12.2. The molecule has 4 aromatic carbocycles. The van der Waals surface area contributed by atoms with Crippen LogP contribution in [0.25, 0.3) is 21.5 Å². The molecule has 2 amide bonds. The average molecular weight is 454 g/mol. The third kappa shape index (κ3) is 4.91. The second-order valence-corrected chi connectivity index (χ2v) is 8.41. The maximum Gasteiger partial charge on any atom is 0.252 e. The molecule has 0 saturated heterocycles. The predicted octanol–water partition coefficient (Wildman–Crippen LogP) is 5.36. The Balaban J connectivity index is 1.54. The molecule has 6 nitrogen and oxygen atoms in total. The molecule has 4 aromatic rings. The highest BCUT2D eigenvalue weighted by Gasteiger charge is 2.30. The monoisotopic (exact) mass is 453 g/mol.